The van der Waals surface area contributed by atoms with E-state index in [1.807, 2.05) is 27.7 Å². The fourth-order valence-electron chi connectivity index (χ4n) is 3.59. The number of rotatable bonds is 12. The molecule has 0 N–H and O–H groups in total. The summed E-state index contributed by atoms with van der Waals surface area (Å²) in [4.78, 5) is 15.1. The van der Waals surface area contributed by atoms with E-state index in [-0.39, 0.29) is 5.97 Å². The smallest absolute Gasteiger partial charge is 0.313 e. The van der Waals surface area contributed by atoms with Crippen LogP contribution in [0.5, 0.6) is 0 Å². The molecule has 144 valence electrons. The average molecular weight is 342 g/mol. The van der Waals surface area contributed by atoms with E-state index in [1.54, 1.807) is 0 Å². The third-order valence-electron chi connectivity index (χ3n) is 4.60. The molecular weight excluding hydrogens is 298 g/mol. The molecule has 0 aliphatic rings. The predicted molar refractivity (Wildman–Crippen MR) is 104 cm³/mol. The van der Waals surface area contributed by atoms with Gasteiger partial charge in [-0.25, -0.2) is 0 Å². The van der Waals surface area contributed by atoms with Crippen LogP contribution in [-0.2, 0) is 9.53 Å². The maximum Gasteiger partial charge on any atom is 0.313 e. The summed E-state index contributed by atoms with van der Waals surface area (Å²) in [5, 5.41) is 0. The van der Waals surface area contributed by atoms with Crippen LogP contribution in [0.2, 0.25) is 0 Å². The van der Waals surface area contributed by atoms with Crippen LogP contribution >= 0.6 is 0 Å². The molecule has 0 heterocycles. The molecule has 0 spiro atoms. The van der Waals surface area contributed by atoms with Crippen molar-refractivity contribution in [1.82, 2.24) is 4.90 Å². The quantitative estimate of drug-likeness (QED) is 0.428. The molecule has 1 unspecified atom stereocenters. The molecule has 0 bridgehead atoms. The monoisotopic (exact) mass is 341 g/mol. The second-order valence-electron chi connectivity index (χ2n) is 9.13. The van der Waals surface area contributed by atoms with Gasteiger partial charge in [0.2, 0.25) is 0 Å². The van der Waals surface area contributed by atoms with Crippen molar-refractivity contribution in [2.75, 3.05) is 13.6 Å². The molecule has 0 radical (unpaired) electrons. The molecule has 0 saturated heterocycles. The number of unbranched alkanes of at least 4 members (excludes halogenated alkanes) is 1. The Labute approximate surface area is 151 Å². The van der Waals surface area contributed by atoms with Gasteiger partial charge in [-0.3, -0.25) is 4.79 Å². The van der Waals surface area contributed by atoms with Gasteiger partial charge in [0.25, 0.3) is 0 Å². The first-order valence-electron chi connectivity index (χ1n) is 9.88. The Morgan fingerprint density at radius 3 is 2.08 bits per heavy atom. The molecule has 1 atom stereocenters. The van der Waals surface area contributed by atoms with Crippen molar-refractivity contribution >= 4 is 5.97 Å². The van der Waals surface area contributed by atoms with Crippen molar-refractivity contribution in [1.29, 1.82) is 0 Å². The van der Waals surface area contributed by atoms with Gasteiger partial charge >= 0.3 is 5.97 Å². The summed E-state index contributed by atoms with van der Waals surface area (Å²) in [6, 6.07) is 0.561. The Balaban J connectivity index is 4.81. The highest BCUT2D eigenvalue weighted by Crippen LogP contribution is 2.28. The Morgan fingerprint density at radius 2 is 1.62 bits per heavy atom. The van der Waals surface area contributed by atoms with Gasteiger partial charge in [-0.1, -0.05) is 47.0 Å². The zero-order valence-corrected chi connectivity index (χ0v) is 17.9. The van der Waals surface area contributed by atoms with Gasteiger partial charge in [-0.15, -0.1) is 0 Å². The summed E-state index contributed by atoms with van der Waals surface area (Å²) in [7, 11) is 2.16. The molecule has 0 saturated carbocycles. The van der Waals surface area contributed by atoms with E-state index in [9.17, 15) is 4.79 Å². The lowest BCUT2D eigenvalue weighted by atomic mass is 9.90. The van der Waals surface area contributed by atoms with E-state index >= 15 is 0 Å². The number of hydrogen-bond acceptors (Lipinski definition) is 3. The van der Waals surface area contributed by atoms with Crippen LogP contribution in [-0.4, -0.2) is 36.1 Å². The minimum Gasteiger partial charge on any atom is -0.459 e. The lowest BCUT2D eigenvalue weighted by Crippen LogP contribution is -2.45. The number of ether oxygens (including phenoxy) is 1. The molecule has 0 aromatic rings. The van der Waals surface area contributed by atoms with Crippen molar-refractivity contribution in [3.8, 4) is 0 Å². The topological polar surface area (TPSA) is 29.5 Å². The summed E-state index contributed by atoms with van der Waals surface area (Å²) < 4.78 is 5.87. The Kier molecular flexibility index (Phi) is 10.2. The SMILES string of the molecule is CCCCC(CCC)N(C)CC(C)(C)C(=O)OC(C)(C)CC(C)C. The van der Waals surface area contributed by atoms with E-state index < -0.39 is 11.0 Å². The lowest BCUT2D eigenvalue weighted by Gasteiger charge is -2.36. The first-order chi connectivity index (χ1) is 10.9. The molecule has 24 heavy (non-hydrogen) atoms. The van der Waals surface area contributed by atoms with Gasteiger partial charge in [0, 0.05) is 12.6 Å². The van der Waals surface area contributed by atoms with Crippen molar-refractivity contribution in [2.45, 2.75) is 106 Å². The summed E-state index contributed by atoms with van der Waals surface area (Å²) in [6.45, 7) is 17.6. The Bertz CT molecular complexity index is 361. The molecule has 0 aromatic carbocycles. The van der Waals surface area contributed by atoms with Gasteiger partial charge in [-0.05, 0) is 59.9 Å². The van der Waals surface area contributed by atoms with Crippen molar-refractivity contribution < 1.29 is 9.53 Å². The Hall–Kier alpha value is -0.570. The van der Waals surface area contributed by atoms with Gasteiger partial charge < -0.3 is 9.64 Å². The summed E-state index contributed by atoms with van der Waals surface area (Å²) >= 11 is 0. The van der Waals surface area contributed by atoms with E-state index in [4.69, 9.17) is 4.74 Å². The first-order valence-corrected chi connectivity index (χ1v) is 9.88. The third-order valence-corrected chi connectivity index (χ3v) is 4.60. The molecule has 0 aliphatic heterocycles. The van der Waals surface area contributed by atoms with E-state index in [0.29, 0.717) is 12.0 Å². The number of carbonyl (C=O) groups excluding carboxylic acids is 1. The number of nitrogens with zero attached hydrogens (tertiary/aromatic N) is 1. The average Bonchev–Trinajstić information content (AvgIpc) is 2.40. The van der Waals surface area contributed by atoms with Crippen LogP contribution in [0.4, 0.5) is 0 Å². The van der Waals surface area contributed by atoms with Gasteiger partial charge in [0.05, 0.1) is 5.41 Å². The van der Waals surface area contributed by atoms with Crippen molar-refractivity contribution in [3.05, 3.63) is 0 Å². The minimum absolute atomic E-state index is 0.0780. The zero-order chi connectivity index (χ0) is 19.0. The summed E-state index contributed by atoms with van der Waals surface area (Å²) in [6.07, 6.45) is 6.96. The fraction of sp³-hybridized carbons (Fsp3) is 0.952. The summed E-state index contributed by atoms with van der Waals surface area (Å²) in [5.74, 6) is 0.437. The highest BCUT2D eigenvalue weighted by Gasteiger charge is 2.36. The number of hydrogen-bond donors (Lipinski definition) is 0. The molecule has 0 fully saturated rings. The maximum atomic E-state index is 12.7. The Morgan fingerprint density at radius 1 is 1.04 bits per heavy atom. The van der Waals surface area contributed by atoms with Crippen LogP contribution < -0.4 is 0 Å². The first kappa shape index (κ1) is 23.4. The second-order valence-corrected chi connectivity index (χ2v) is 9.13. The fourth-order valence-corrected chi connectivity index (χ4v) is 3.59. The molecule has 3 heteroatoms. The molecule has 0 aromatic heterocycles. The third kappa shape index (κ3) is 9.05. The van der Waals surface area contributed by atoms with E-state index in [2.05, 4.69) is 39.6 Å². The molecule has 0 aliphatic carbocycles. The largest absolute Gasteiger partial charge is 0.459 e. The van der Waals surface area contributed by atoms with Crippen LogP contribution in [0.1, 0.15) is 93.9 Å². The number of esters is 1. The van der Waals surface area contributed by atoms with Gasteiger partial charge in [0.1, 0.15) is 5.60 Å². The van der Waals surface area contributed by atoms with Crippen molar-refractivity contribution in [2.24, 2.45) is 11.3 Å². The van der Waals surface area contributed by atoms with Gasteiger partial charge in [0.15, 0.2) is 0 Å². The van der Waals surface area contributed by atoms with E-state index in [0.717, 1.165) is 13.0 Å². The van der Waals surface area contributed by atoms with Crippen molar-refractivity contribution in [3.63, 3.8) is 0 Å². The minimum atomic E-state index is -0.485. The van der Waals surface area contributed by atoms with Crippen LogP contribution in [0, 0.1) is 11.3 Å². The maximum absolute atomic E-state index is 12.7. The molecule has 3 nitrogen and oxygen atoms in total. The lowest BCUT2D eigenvalue weighted by molar-refractivity contribution is -0.169. The molecule has 0 rings (SSSR count). The molecular formula is C21H43NO2. The second kappa shape index (κ2) is 10.4. The zero-order valence-electron chi connectivity index (χ0n) is 17.9. The normalized spacial score (nSPS) is 14.3. The predicted octanol–water partition coefficient (Wildman–Crippen LogP) is 5.67. The summed E-state index contributed by atoms with van der Waals surface area (Å²) in [5.41, 5.74) is -0.882. The van der Waals surface area contributed by atoms with Crippen LogP contribution in [0.3, 0.4) is 0 Å². The van der Waals surface area contributed by atoms with Crippen LogP contribution in [0.15, 0.2) is 0 Å². The highest BCUT2D eigenvalue weighted by molar-refractivity contribution is 5.76. The molecule has 0 amide bonds. The number of carbonyl (C=O) groups is 1. The van der Waals surface area contributed by atoms with Gasteiger partial charge in [-0.2, -0.15) is 0 Å². The van der Waals surface area contributed by atoms with Crippen LogP contribution in [0.25, 0.3) is 0 Å². The van der Waals surface area contributed by atoms with E-state index in [1.165, 1.54) is 32.1 Å². The standard InChI is InChI=1S/C21H43NO2/c1-10-12-14-18(13-11-2)22(9)16-20(5,6)19(23)24-21(7,8)15-17(3)4/h17-18H,10-16H2,1-9H3. The highest BCUT2D eigenvalue weighted by atomic mass is 16.6.